The molecule has 0 unspecified atom stereocenters. The van der Waals surface area contributed by atoms with Crippen LogP contribution in [0.25, 0.3) is 0 Å². The maximum atomic E-state index is 13.9. The normalized spacial score (nSPS) is 16.6. The smallest absolute Gasteiger partial charge is 0.228 e. The first-order valence-corrected chi connectivity index (χ1v) is 13.6. The van der Waals surface area contributed by atoms with Crippen molar-refractivity contribution in [2.45, 2.75) is 64.0 Å². The van der Waals surface area contributed by atoms with Gasteiger partial charge in [0.1, 0.15) is 11.5 Å². The first-order chi connectivity index (χ1) is 18.5. The maximum Gasteiger partial charge on any atom is 0.228 e. The molecule has 3 aromatic rings. The van der Waals surface area contributed by atoms with Gasteiger partial charge in [0, 0.05) is 18.0 Å². The predicted octanol–water partition coefficient (Wildman–Crippen LogP) is 5.15. The van der Waals surface area contributed by atoms with Crippen LogP contribution in [0, 0.1) is 5.92 Å². The number of carbonyl (C=O) groups excluding carboxylic acids is 2. The highest BCUT2D eigenvalue weighted by Crippen LogP contribution is 2.39. The van der Waals surface area contributed by atoms with Crippen LogP contribution in [0.5, 0.6) is 11.5 Å². The monoisotopic (exact) mass is 514 g/mol. The molecule has 0 bridgehead atoms. The number of hydrogen-bond donors (Lipinski definition) is 3. The van der Waals surface area contributed by atoms with E-state index in [-0.39, 0.29) is 24.2 Å². The van der Waals surface area contributed by atoms with Crippen LogP contribution in [0.2, 0.25) is 0 Å². The Bertz CT molecular complexity index is 1210. The van der Waals surface area contributed by atoms with Crippen molar-refractivity contribution in [1.82, 2.24) is 10.6 Å². The van der Waals surface area contributed by atoms with Crippen LogP contribution in [0.3, 0.4) is 0 Å². The molecular weight excluding hydrogens is 476 g/mol. The third kappa shape index (κ3) is 7.01. The number of rotatable bonds is 11. The molecule has 1 heterocycles. The number of fused-ring (bicyclic) bond motifs is 2. The summed E-state index contributed by atoms with van der Waals surface area (Å²) in [5.74, 6) is 0.312. The van der Waals surface area contributed by atoms with E-state index in [4.69, 9.17) is 4.74 Å². The zero-order valence-corrected chi connectivity index (χ0v) is 22.2. The second-order valence-corrected chi connectivity index (χ2v) is 10.2. The fourth-order valence-electron chi connectivity index (χ4n) is 4.95. The number of unbranched alkanes of at least 4 members (excludes halogenated alkanes) is 1. The Morgan fingerprint density at radius 3 is 2.42 bits per heavy atom. The number of benzene rings is 3. The highest BCUT2D eigenvalue weighted by Gasteiger charge is 2.32. The molecule has 6 heteroatoms. The van der Waals surface area contributed by atoms with Gasteiger partial charge in [-0.1, -0.05) is 87.0 Å². The number of aliphatic hydroxyl groups is 1. The van der Waals surface area contributed by atoms with Crippen molar-refractivity contribution in [1.29, 1.82) is 0 Å². The first kappa shape index (κ1) is 27.4. The van der Waals surface area contributed by atoms with E-state index in [9.17, 15) is 14.7 Å². The van der Waals surface area contributed by atoms with Crippen molar-refractivity contribution in [2.75, 3.05) is 6.54 Å². The lowest BCUT2D eigenvalue weighted by atomic mass is 9.89. The van der Waals surface area contributed by atoms with Gasteiger partial charge >= 0.3 is 0 Å². The van der Waals surface area contributed by atoms with Gasteiger partial charge in [-0.3, -0.25) is 9.59 Å². The topological polar surface area (TPSA) is 87.7 Å². The number of amides is 2. The average molecular weight is 515 g/mol. The minimum atomic E-state index is -0.893. The molecule has 2 amide bonds. The molecule has 1 aliphatic rings. The van der Waals surface area contributed by atoms with Gasteiger partial charge in [0.25, 0.3) is 0 Å². The van der Waals surface area contributed by atoms with E-state index < -0.39 is 18.1 Å². The Balaban J connectivity index is 1.54. The Labute approximate surface area is 225 Å². The molecule has 6 nitrogen and oxygen atoms in total. The van der Waals surface area contributed by atoms with Crippen LogP contribution in [0.4, 0.5) is 0 Å². The molecule has 0 saturated heterocycles. The number of nitrogens with one attached hydrogen (secondary N) is 2. The molecule has 0 saturated carbocycles. The summed E-state index contributed by atoms with van der Waals surface area (Å²) in [6, 6.07) is 24.6. The Hall–Kier alpha value is -3.64. The van der Waals surface area contributed by atoms with E-state index in [0.717, 1.165) is 35.3 Å². The summed E-state index contributed by atoms with van der Waals surface area (Å²) in [6.45, 7) is 4.53. The lowest BCUT2D eigenvalue weighted by Crippen LogP contribution is -2.48. The van der Waals surface area contributed by atoms with Gasteiger partial charge in [0.05, 0.1) is 18.1 Å². The quantitative estimate of drug-likeness (QED) is 0.309. The number of aliphatic hydroxyl groups excluding tert-OH is 1. The van der Waals surface area contributed by atoms with Crippen LogP contribution >= 0.6 is 0 Å². The first-order valence-electron chi connectivity index (χ1n) is 13.6. The molecule has 0 aromatic heterocycles. The summed E-state index contributed by atoms with van der Waals surface area (Å²) in [5.41, 5.74) is 2.78. The summed E-state index contributed by atoms with van der Waals surface area (Å²) in [6.07, 6.45) is 2.23. The van der Waals surface area contributed by atoms with E-state index in [0.29, 0.717) is 25.1 Å². The fourth-order valence-corrected chi connectivity index (χ4v) is 4.95. The van der Waals surface area contributed by atoms with E-state index >= 15 is 0 Å². The van der Waals surface area contributed by atoms with Crippen LogP contribution < -0.4 is 15.4 Å². The molecule has 3 aromatic carbocycles. The van der Waals surface area contributed by atoms with E-state index in [1.807, 2.05) is 85.8 Å². The second-order valence-electron chi connectivity index (χ2n) is 10.2. The summed E-state index contributed by atoms with van der Waals surface area (Å²) in [5, 5.41) is 17.4. The summed E-state index contributed by atoms with van der Waals surface area (Å²) in [4.78, 5) is 26.4. The van der Waals surface area contributed by atoms with Gasteiger partial charge < -0.3 is 20.5 Å². The van der Waals surface area contributed by atoms with Crippen LogP contribution in [-0.4, -0.2) is 35.6 Å². The summed E-state index contributed by atoms with van der Waals surface area (Å²) >= 11 is 0. The molecule has 3 N–H and O–H groups in total. The van der Waals surface area contributed by atoms with Gasteiger partial charge in [0.2, 0.25) is 11.8 Å². The van der Waals surface area contributed by atoms with Crippen LogP contribution in [0.15, 0.2) is 78.9 Å². The average Bonchev–Trinajstić information content (AvgIpc) is 3.10. The Morgan fingerprint density at radius 1 is 0.974 bits per heavy atom. The van der Waals surface area contributed by atoms with Crippen molar-refractivity contribution >= 4 is 11.8 Å². The third-order valence-electron chi connectivity index (χ3n) is 7.19. The lowest BCUT2D eigenvalue weighted by molar-refractivity contribution is -0.126. The number of ether oxygens (including phenoxy) is 1. The highest BCUT2D eigenvalue weighted by molar-refractivity contribution is 5.85. The zero-order chi connectivity index (χ0) is 26.9. The predicted molar refractivity (Wildman–Crippen MR) is 149 cm³/mol. The van der Waals surface area contributed by atoms with Gasteiger partial charge in [-0.15, -0.1) is 0 Å². The highest BCUT2D eigenvalue weighted by atomic mass is 16.5. The Morgan fingerprint density at radius 2 is 1.66 bits per heavy atom. The van der Waals surface area contributed by atoms with Crippen molar-refractivity contribution in [3.63, 3.8) is 0 Å². The SMILES string of the molecule is CCCCNC(=O)[C@H](C)C[C@H](O)[C@H](Cc1ccccc1)NC(=O)[C@H]1Cc2ccccc2Oc2ccccc21. The molecule has 0 radical (unpaired) electrons. The number of para-hydroxylation sites is 2. The van der Waals surface area contributed by atoms with Gasteiger partial charge in [-0.05, 0) is 48.9 Å². The lowest BCUT2D eigenvalue weighted by Gasteiger charge is -2.28. The van der Waals surface area contributed by atoms with Crippen molar-refractivity contribution in [2.24, 2.45) is 5.92 Å². The minimum absolute atomic E-state index is 0.0752. The molecule has 200 valence electrons. The number of hydrogen-bond acceptors (Lipinski definition) is 4. The van der Waals surface area contributed by atoms with Crippen molar-refractivity contribution in [3.8, 4) is 11.5 Å². The standard InChI is InChI=1S/C32H38N2O4/c1-3-4-18-33-31(36)22(2)19-28(35)27(20-23-12-6-5-7-13-23)34-32(37)26-21-24-14-8-10-16-29(24)38-30-17-11-9-15-25(26)30/h5-17,22,26-28,35H,3-4,18-21H2,1-2H3,(H,33,36)(H,34,37)/t22-,26+,27+,28+/m1/s1. The van der Waals surface area contributed by atoms with E-state index in [2.05, 4.69) is 17.6 Å². The van der Waals surface area contributed by atoms with Gasteiger partial charge in [0.15, 0.2) is 0 Å². The summed E-state index contributed by atoms with van der Waals surface area (Å²) < 4.78 is 6.18. The number of carbonyl (C=O) groups is 2. The second kappa shape index (κ2) is 13.2. The van der Waals surface area contributed by atoms with Crippen LogP contribution in [0.1, 0.15) is 55.7 Å². The van der Waals surface area contributed by atoms with E-state index in [1.54, 1.807) is 0 Å². The third-order valence-corrected chi connectivity index (χ3v) is 7.19. The molecule has 0 aliphatic carbocycles. The van der Waals surface area contributed by atoms with Crippen LogP contribution in [-0.2, 0) is 22.4 Å². The summed E-state index contributed by atoms with van der Waals surface area (Å²) in [7, 11) is 0. The van der Waals surface area contributed by atoms with Crippen molar-refractivity contribution < 1.29 is 19.4 Å². The molecule has 4 atom stereocenters. The minimum Gasteiger partial charge on any atom is -0.457 e. The molecule has 38 heavy (non-hydrogen) atoms. The molecule has 0 spiro atoms. The van der Waals surface area contributed by atoms with E-state index in [1.165, 1.54) is 0 Å². The zero-order valence-electron chi connectivity index (χ0n) is 22.2. The van der Waals surface area contributed by atoms with Gasteiger partial charge in [-0.25, -0.2) is 0 Å². The van der Waals surface area contributed by atoms with Crippen molar-refractivity contribution in [3.05, 3.63) is 95.6 Å². The largest absolute Gasteiger partial charge is 0.457 e. The molecular formula is C32H38N2O4. The maximum absolute atomic E-state index is 13.9. The van der Waals surface area contributed by atoms with Gasteiger partial charge in [-0.2, -0.15) is 0 Å². The Kier molecular flexibility index (Phi) is 9.55. The molecule has 1 aliphatic heterocycles. The fraction of sp³-hybridized carbons (Fsp3) is 0.375. The molecule has 4 rings (SSSR count). The molecule has 0 fully saturated rings.